The number of nitrogens with zero attached hydrogens (tertiary/aromatic N) is 2. The summed E-state index contributed by atoms with van der Waals surface area (Å²) in [7, 11) is 1.18. The van der Waals surface area contributed by atoms with Crippen molar-refractivity contribution in [2.75, 3.05) is 12.8 Å². The predicted molar refractivity (Wildman–Crippen MR) is 67.8 cm³/mol. The van der Waals surface area contributed by atoms with Gasteiger partial charge in [-0.05, 0) is 13.3 Å². The second-order valence-corrected chi connectivity index (χ2v) is 5.87. The molecule has 1 heterocycles. The number of aryl methyl sites for hydroxylation is 2. The lowest BCUT2D eigenvalue weighted by molar-refractivity contribution is 0.645. The summed E-state index contributed by atoms with van der Waals surface area (Å²) in [6.45, 7) is 5.68. The summed E-state index contributed by atoms with van der Waals surface area (Å²) in [4.78, 5) is 0. The summed E-state index contributed by atoms with van der Waals surface area (Å²) >= 11 is 0. The summed E-state index contributed by atoms with van der Waals surface area (Å²) in [6, 6.07) is 0. The molecule has 0 aliphatic heterocycles. The topological polar surface area (TPSA) is 46.9 Å². The minimum Gasteiger partial charge on any atom is -0.311 e. The molecule has 2 atom stereocenters. The Morgan fingerprint density at radius 3 is 2.88 bits per heavy atom. The summed E-state index contributed by atoms with van der Waals surface area (Å²) in [6.07, 6.45) is 4.74. The van der Waals surface area contributed by atoms with Gasteiger partial charge < -0.3 is 5.32 Å². The van der Waals surface area contributed by atoms with E-state index >= 15 is 0 Å². The molecule has 5 heteroatoms. The fraction of sp³-hybridized carbons (Fsp3) is 0.727. The second kappa shape index (κ2) is 6.15. The third-order valence-corrected chi connectivity index (χ3v) is 3.94. The van der Waals surface area contributed by atoms with Crippen LogP contribution >= 0.6 is 0 Å². The molecule has 2 unspecified atom stereocenters. The summed E-state index contributed by atoms with van der Waals surface area (Å²) in [5.41, 5.74) is 2.37. The normalized spacial score (nSPS) is 15.0. The molecule has 0 saturated heterocycles. The van der Waals surface area contributed by atoms with Gasteiger partial charge in [0.15, 0.2) is 0 Å². The van der Waals surface area contributed by atoms with Gasteiger partial charge in [0.05, 0.1) is 5.69 Å². The van der Waals surface area contributed by atoms with Gasteiger partial charge in [0.25, 0.3) is 0 Å². The average Bonchev–Trinajstić information content (AvgIpc) is 2.58. The second-order valence-electron chi connectivity index (χ2n) is 4.07. The first-order valence-corrected chi connectivity index (χ1v) is 7.21. The maximum atomic E-state index is 11.2. The lowest BCUT2D eigenvalue weighted by Gasteiger charge is -2.09. The molecular weight excluding hydrogens is 222 g/mol. The molecule has 1 aromatic heterocycles. The van der Waals surface area contributed by atoms with Gasteiger partial charge in [-0.2, -0.15) is 5.10 Å². The molecule has 0 aliphatic carbocycles. The Morgan fingerprint density at radius 2 is 2.31 bits per heavy atom. The van der Waals surface area contributed by atoms with Gasteiger partial charge >= 0.3 is 0 Å². The van der Waals surface area contributed by atoms with Crippen LogP contribution in [0.15, 0.2) is 6.20 Å². The maximum Gasteiger partial charge on any atom is 0.0666 e. The zero-order chi connectivity index (χ0) is 12.1. The first kappa shape index (κ1) is 13.4. The third kappa shape index (κ3) is 3.72. The van der Waals surface area contributed by atoms with E-state index in [1.165, 1.54) is 5.56 Å². The van der Waals surface area contributed by atoms with Gasteiger partial charge in [0.2, 0.25) is 0 Å². The van der Waals surface area contributed by atoms with E-state index in [9.17, 15) is 4.21 Å². The zero-order valence-electron chi connectivity index (χ0n) is 10.5. The van der Waals surface area contributed by atoms with Crippen LogP contribution in [0.2, 0.25) is 0 Å². The molecule has 0 fully saturated rings. The van der Waals surface area contributed by atoms with E-state index in [0.717, 1.165) is 25.2 Å². The minimum atomic E-state index is -0.753. The molecule has 1 N–H and O–H groups in total. The highest BCUT2D eigenvalue weighted by Crippen LogP contribution is 2.06. The molecule has 0 spiro atoms. The molecule has 16 heavy (non-hydrogen) atoms. The third-order valence-electron chi connectivity index (χ3n) is 2.64. The minimum absolute atomic E-state index is 0.196. The Balaban J connectivity index is 2.45. The van der Waals surface area contributed by atoms with Crippen LogP contribution < -0.4 is 5.32 Å². The van der Waals surface area contributed by atoms with Crippen molar-refractivity contribution >= 4 is 10.8 Å². The standard InChI is InChI=1S/C11H21N3OS/c1-5-11-10(8-14(3)13-11)7-12-6-9(2)16(4)15/h8-9,12H,5-7H2,1-4H3. The SMILES string of the molecule is CCc1nn(C)cc1CNCC(C)S(C)=O. The lowest BCUT2D eigenvalue weighted by Crippen LogP contribution is -2.27. The average molecular weight is 243 g/mol. The van der Waals surface area contributed by atoms with Crippen molar-refractivity contribution in [3.05, 3.63) is 17.5 Å². The van der Waals surface area contributed by atoms with Gasteiger partial charge in [-0.15, -0.1) is 0 Å². The first-order valence-electron chi connectivity index (χ1n) is 5.59. The Hall–Kier alpha value is -0.680. The molecule has 1 rings (SSSR count). The van der Waals surface area contributed by atoms with Gasteiger partial charge in [-0.1, -0.05) is 6.92 Å². The monoisotopic (exact) mass is 243 g/mol. The number of hydrogen-bond acceptors (Lipinski definition) is 3. The molecule has 0 aliphatic rings. The zero-order valence-corrected chi connectivity index (χ0v) is 11.3. The summed E-state index contributed by atoms with van der Waals surface area (Å²) in [5, 5.41) is 7.90. The van der Waals surface area contributed by atoms with Gasteiger partial charge in [0.1, 0.15) is 0 Å². The van der Waals surface area contributed by atoms with E-state index in [1.54, 1.807) is 6.26 Å². The molecule has 0 radical (unpaired) electrons. The maximum absolute atomic E-state index is 11.2. The van der Waals surface area contributed by atoms with Crippen LogP contribution in [0.4, 0.5) is 0 Å². The van der Waals surface area contributed by atoms with E-state index in [4.69, 9.17) is 0 Å². The van der Waals surface area contributed by atoms with Crippen LogP contribution in [0, 0.1) is 0 Å². The van der Waals surface area contributed by atoms with Crippen LogP contribution in [-0.2, 0) is 30.8 Å². The van der Waals surface area contributed by atoms with E-state index < -0.39 is 10.8 Å². The highest BCUT2D eigenvalue weighted by atomic mass is 32.2. The Labute approximate surface area is 99.9 Å². The number of nitrogens with one attached hydrogen (secondary N) is 1. The largest absolute Gasteiger partial charge is 0.311 e. The van der Waals surface area contributed by atoms with E-state index in [2.05, 4.69) is 17.3 Å². The molecular formula is C11H21N3OS. The lowest BCUT2D eigenvalue weighted by atomic mass is 10.2. The quantitative estimate of drug-likeness (QED) is 0.805. The number of rotatable bonds is 6. The predicted octanol–water partition coefficient (Wildman–Crippen LogP) is 0.839. The molecule has 92 valence electrons. The highest BCUT2D eigenvalue weighted by Gasteiger charge is 2.08. The van der Waals surface area contributed by atoms with Crippen LogP contribution in [0.3, 0.4) is 0 Å². The molecule has 4 nitrogen and oxygen atoms in total. The van der Waals surface area contributed by atoms with E-state index in [0.29, 0.717) is 0 Å². The van der Waals surface area contributed by atoms with E-state index in [-0.39, 0.29) is 5.25 Å². The fourth-order valence-electron chi connectivity index (χ4n) is 1.56. The van der Waals surface area contributed by atoms with Crippen LogP contribution in [0.25, 0.3) is 0 Å². The molecule has 1 aromatic rings. The van der Waals surface area contributed by atoms with Crippen molar-refractivity contribution in [2.45, 2.75) is 32.1 Å². The van der Waals surface area contributed by atoms with Gasteiger partial charge in [0, 0.05) is 54.2 Å². The van der Waals surface area contributed by atoms with Crippen LogP contribution in [0.5, 0.6) is 0 Å². The summed E-state index contributed by atoms with van der Waals surface area (Å²) < 4.78 is 13.0. The fourth-order valence-corrected chi connectivity index (χ4v) is 1.91. The Kier molecular flexibility index (Phi) is 5.15. The number of aromatic nitrogens is 2. The van der Waals surface area contributed by atoms with Crippen molar-refractivity contribution in [1.29, 1.82) is 0 Å². The van der Waals surface area contributed by atoms with Crippen molar-refractivity contribution < 1.29 is 4.21 Å². The highest BCUT2D eigenvalue weighted by molar-refractivity contribution is 7.84. The molecule has 0 saturated carbocycles. The van der Waals surface area contributed by atoms with Gasteiger partial charge in [-0.25, -0.2) is 0 Å². The molecule has 0 aromatic carbocycles. The first-order chi connectivity index (χ1) is 7.54. The molecule has 0 amide bonds. The smallest absolute Gasteiger partial charge is 0.0666 e. The molecule has 0 bridgehead atoms. The summed E-state index contributed by atoms with van der Waals surface area (Å²) in [5.74, 6) is 0. The van der Waals surface area contributed by atoms with Crippen molar-refractivity contribution in [1.82, 2.24) is 15.1 Å². The van der Waals surface area contributed by atoms with Crippen molar-refractivity contribution in [3.63, 3.8) is 0 Å². The van der Waals surface area contributed by atoms with Crippen molar-refractivity contribution in [2.24, 2.45) is 7.05 Å². The number of hydrogen-bond donors (Lipinski definition) is 1. The van der Waals surface area contributed by atoms with Crippen molar-refractivity contribution in [3.8, 4) is 0 Å². The Morgan fingerprint density at radius 1 is 1.62 bits per heavy atom. The van der Waals surface area contributed by atoms with Crippen LogP contribution in [0.1, 0.15) is 25.1 Å². The van der Waals surface area contributed by atoms with E-state index in [1.807, 2.05) is 24.9 Å². The van der Waals surface area contributed by atoms with Crippen LogP contribution in [-0.4, -0.2) is 32.0 Å². The Bertz CT molecular complexity index is 362. The van der Waals surface area contributed by atoms with Gasteiger partial charge in [-0.3, -0.25) is 8.89 Å².